The molecular formula is C15H23FN2O2S2. The van der Waals surface area contributed by atoms with Gasteiger partial charge in [0.2, 0.25) is 10.0 Å². The van der Waals surface area contributed by atoms with Crippen molar-refractivity contribution >= 4 is 21.8 Å². The summed E-state index contributed by atoms with van der Waals surface area (Å²) in [4.78, 5) is 2.02. The van der Waals surface area contributed by atoms with Crippen LogP contribution >= 0.6 is 11.8 Å². The second kappa shape index (κ2) is 7.77. The van der Waals surface area contributed by atoms with E-state index >= 15 is 0 Å². The third-order valence-electron chi connectivity index (χ3n) is 3.58. The Morgan fingerprint density at radius 3 is 2.64 bits per heavy atom. The highest BCUT2D eigenvalue weighted by molar-refractivity contribution is 7.99. The molecule has 4 nitrogen and oxygen atoms in total. The summed E-state index contributed by atoms with van der Waals surface area (Å²) >= 11 is 1.81. The zero-order valence-electron chi connectivity index (χ0n) is 13.0. The van der Waals surface area contributed by atoms with E-state index in [2.05, 4.69) is 0 Å². The van der Waals surface area contributed by atoms with Gasteiger partial charge in [0.05, 0.1) is 5.75 Å². The molecule has 22 heavy (non-hydrogen) atoms. The van der Waals surface area contributed by atoms with Gasteiger partial charge >= 0.3 is 0 Å². The summed E-state index contributed by atoms with van der Waals surface area (Å²) in [5, 5.41) is 0. The maximum absolute atomic E-state index is 13.0. The fourth-order valence-electron chi connectivity index (χ4n) is 2.61. The van der Waals surface area contributed by atoms with E-state index in [1.165, 1.54) is 12.1 Å². The van der Waals surface area contributed by atoms with Crippen LogP contribution in [0.15, 0.2) is 24.3 Å². The minimum atomic E-state index is -3.40. The van der Waals surface area contributed by atoms with Gasteiger partial charge < -0.3 is 4.90 Å². The van der Waals surface area contributed by atoms with Crippen molar-refractivity contribution < 1.29 is 12.8 Å². The van der Waals surface area contributed by atoms with Crippen molar-refractivity contribution in [2.45, 2.75) is 18.2 Å². The number of hydrogen-bond donors (Lipinski definition) is 0. The largest absolute Gasteiger partial charge is 0.308 e. The van der Waals surface area contributed by atoms with E-state index < -0.39 is 10.0 Å². The van der Waals surface area contributed by atoms with E-state index in [1.807, 2.05) is 30.8 Å². The SMILES string of the molecule is CN(C)CC1CSCCCN1S(=O)(=O)Cc1ccc(F)cc1. The number of halogens is 1. The minimum absolute atomic E-state index is 0.00653. The highest BCUT2D eigenvalue weighted by Crippen LogP contribution is 2.22. The molecule has 2 rings (SSSR count). The van der Waals surface area contributed by atoms with Crippen LogP contribution in [0.1, 0.15) is 12.0 Å². The van der Waals surface area contributed by atoms with Crippen LogP contribution < -0.4 is 0 Å². The minimum Gasteiger partial charge on any atom is -0.308 e. The predicted octanol–water partition coefficient (Wildman–Crippen LogP) is 2.02. The van der Waals surface area contributed by atoms with Gasteiger partial charge in [0, 0.05) is 24.9 Å². The summed E-state index contributed by atoms with van der Waals surface area (Å²) in [6, 6.07) is 5.69. The van der Waals surface area contributed by atoms with Crippen molar-refractivity contribution in [3.8, 4) is 0 Å². The number of thioether (sulfide) groups is 1. The summed E-state index contributed by atoms with van der Waals surface area (Å²) in [5.41, 5.74) is 0.627. The summed E-state index contributed by atoms with van der Waals surface area (Å²) in [5.74, 6) is 1.40. The van der Waals surface area contributed by atoms with Crippen molar-refractivity contribution in [1.82, 2.24) is 9.21 Å². The highest BCUT2D eigenvalue weighted by Gasteiger charge is 2.31. The number of sulfonamides is 1. The number of likely N-dealkylation sites (N-methyl/N-ethyl adjacent to an activating group) is 1. The molecule has 0 bridgehead atoms. The monoisotopic (exact) mass is 346 g/mol. The molecule has 0 amide bonds. The Balaban J connectivity index is 2.17. The number of hydrogen-bond acceptors (Lipinski definition) is 4. The molecule has 0 radical (unpaired) electrons. The normalized spacial score (nSPS) is 21.0. The topological polar surface area (TPSA) is 40.6 Å². The first kappa shape index (κ1) is 17.7. The van der Waals surface area contributed by atoms with Crippen molar-refractivity contribution in [2.24, 2.45) is 0 Å². The summed E-state index contributed by atoms with van der Waals surface area (Å²) < 4.78 is 40.2. The molecule has 1 unspecified atom stereocenters. The Labute approximate surface area is 136 Å². The first-order chi connectivity index (χ1) is 10.4. The third-order valence-corrected chi connectivity index (χ3v) is 6.67. The van der Waals surface area contributed by atoms with Crippen LogP contribution in [0.2, 0.25) is 0 Å². The van der Waals surface area contributed by atoms with Crippen LogP contribution in [-0.2, 0) is 15.8 Å². The zero-order chi connectivity index (χ0) is 16.2. The Bertz CT molecular complexity index is 576. The molecule has 1 saturated heterocycles. The van der Waals surface area contributed by atoms with Gasteiger partial charge in [0.1, 0.15) is 5.82 Å². The molecule has 0 aliphatic carbocycles. The van der Waals surface area contributed by atoms with Gasteiger partial charge in [-0.1, -0.05) is 12.1 Å². The van der Waals surface area contributed by atoms with E-state index in [1.54, 1.807) is 16.4 Å². The molecule has 0 saturated carbocycles. The van der Waals surface area contributed by atoms with E-state index in [0.29, 0.717) is 12.1 Å². The van der Waals surface area contributed by atoms with Crippen LogP contribution in [0.4, 0.5) is 4.39 Å². The van der Waals surface area contributed by atoms with Crippen molar-refractivity contribution in [3.05, 3.63) is 35.6 Å². The Hall–Kier alpha value is -0.630. The molecule has 1 fully saturated rings. The zero-order valence-corrected chi connectivity index (χ0v) is 14.7. The third kappa shape index (κ3) is 4.94. The molecule has 0 spiro atoms. The van der Waals surface area contributed by atoms with Crippen molar-refractivity contribution in [1.29, 1.82) is 0 Å². The first-order valence-corrected chi connectivity index (χ1v) is 10.1. The van der Waals surface area contributed by atoms with Crippen LogP contribution in [0, 0.1) is 5.82 Å². The second-order valence-electron chi connectivity index (χ2n) is 5.84. The second-order valence-corrected chi connectivity index (χ2v) is 8.91. The maximum atomic E-state index is 13.0. The smallest absolute Gasteiger partial charge is 0.218 e. The van der Waals surface area contributed by atoms with Crippen LogP contribution in [0.3, 0.4) is 0 Å². The van der Waals surface area contributed by atoms with Crippen LogP contribution in [-0.4, -0.2) is 62.4 Å². The van der Waals surface area contributed by atoms with Gasteiger partial charge in [-0.3, -0.25) is 0 Å². The fraction of sp³-hybridized carbons (Fsp3) is 0.600. The maximum Gasteiger partial charge on any atom is 0.218 e. The summed E-state index contributed by atoms with van der Waals surface area (Å²) in [6.45, 7) is 1.28. The predicted molar refractivity (Wildman–Crippen MR) is 90.0 cm³/mol. The standard InChI is InChI=1S/C15H23FN2O2S2/c1-17(2)10-15-11-21-9-3-8-18(15)22(19,20)12-13-4-6-14(16)7-5-13/h4-7,15H,3,8-12H2,1-2H3. The first-order valence-electron chi connectivity index (χ1n) is 7.35. The molecule has 1 heterocycles. The average molecular weight is 346 g/mol. The van der Waals surface area contributed by atoms with E-state index in [0.717, 1.165) is 24.5 Å². The lowest BCUT2D eigenvalue weighted by Gasteiger charge is -2.30. The molecule has 1 aliphatic rings. The lowest BCUT2D eigenvalue weighted by molar-refractivity contribution is 0.271. The number of rotatable bonds is 5. The molecule has 1 aromatic carbocycles. The van der Waals surface area contributed by atoms with Gasteiger partial charge in [-0.2, -0.15) is 16.1 Å². The van der Waals surface area contributed by atoms with Gasteiger partial charge in [0.25, 0.3) is 0 Å². The molecule has 124 valence electrons. The number of nitrogens with zero attached hydrogens (tertiary/aromatic N) is 2. The summed E-state index contributed by atoms with van der Waals surface area (Å²) in [6.07, 6.45) is 0.872. The Morgan fingerprint density at radius 2 is 2.00 bits per heavy atom. The van der Waals surface area contributed by atoms with Crippen LogP contribution in [0.5, 0.6) is 0 Å². The van der Waals surface area contributed by atoms with E-state index in [4.69, 9.17) is 0 Å². The van der Waals surface area contributed by atoms with E-state index in [9.17, 15) is 12.8 Å². The van der Waals surface area contributed by atoms with Crippen molar-refractivity contribution in [3.63, 3.8) is 0 Å². The van der Waals surface area contributed by atoms with Crippen molar-refractivity contribution in [2.75, 3.05) is 38.7 Å². The molecule has 1 aliphatic heterocycles. The van der Waals surface area contributed by atoms with E-state index in [-0.39, 0.29) is 17.6 Å². The Morgan fingerprint density at radius 1 is 1.32 bits per heavy atom. The highest BCUT2D eigenvalue weighted by atomic mass is 32.2. The average Bonchev–Trinajstić information content (AvgIpc) is 2.66. The Kier molecular flexibility index (Phi) is 6.26. The quantitative estimate of drug-likeness (QED) is 0.818. The van der Waals surface area contributed by atoms with Gasteiger partial charge in [-0.15, -0.1) is 0 Å². The number of benzene rings is 1. The molecule has 1 atom stereocenters. The lowest BCUT2D eigenvalue weighted by Crippen LogP contribution is -2.47. The van der Waals surface area contributed by atoms with Gasteiger partial charge in [-0.05, 0) is 44.0 Å². The van der Waals surface area contributed by atoms with Gasteiger partial charge in [-0.25, -0.2) is 12.8 Å². The van der Waals surface area contributed by atoms with Crippen LogP contribution in [0.25, 0.3) is 0 Å². The molecular weight excluding hydrogens is 323 g/mol. The van der Waals surface area contributed by atoms with Gasteiger partial charge in [0.15, 0.2) is 0 Å². The molecule has 0 N–H and O–H groups in total. The fourth-order valence-corrected chi connectivity index (χ4v) is 5.55. The summed E-state index contributed by atoms with van der Waals surface area (Å²) in [7, 11) is 0.521. The molecule has 7 heteroatoms. The lowest BCUT2D eigenvalue weighted by atomic mass is 10.2. The molecule has 0 aromatic heterocycles. The molecule has 1 aromatic rings.